The number of fused-ring (bicyclic) bond motifs is 1. The van der Waals surface area contributed by atoms with Crippen molar-refractivity contribution in [2.45, 2.75) is 51.1 Å². The summed E-state index contributed by atoms with van der Waals surface area (Å²) in [7, 11) is 3.67. The van der Waals surface area contributed by atoms with E-state index in [0.717, 1.165) is 17.6 Å². The van der Waals surface area contributed by atoms with E-state index in [1.807, 2.05) is 14.1 Å². The van der Waals surface area contributed by atoms with Crippen LogP contribution < -0.4 is 11.0 Å². The smallest absolute Gasteiger partial charge is 0.310 e. The molecule has 0 spiro atoms. The fraction of sp³-hybridized carbons (Fsp3) is 0.588. The molecule has 0 bridgehead atoms. The van der Waals surface area contributed by atoms with E-state index in [4.69, 9.17) is 0 Å². The summed E-state index contributed by atoms with van der Waals surface area (Å²) in [5.74, 6) is 0. The van der Waals surface area contributed by atoms with Gasteiger partial charge >= 0.3 is 5.69 Å². The number of hydrogen-bond acceptors (Lipinski definition) is 2. The average Bonchev–Trinajstić information content (AvgIpc) is 2.73. The Bertz CT molecular complexity index is 675. The van der Waals surface area contributed by atoms with Crippen LogP contribution in [0.15, 0.2) is 23.0 Å². The van der Waals surface area contributed by atoms with Crippen molar-refractivity contribution in [1.29, 1.82) is 0 Å². The van der Waals surface area contributed by atoms with Crippen LogP contribution in [-0.2, 0) is 20.6 Å². The van der Waals surface area contributed by atoms with Gasteiger partial charge in [-0.1, -0.05) is 31.7 Å². The number of imidazole rings is 1. The monoisotopic (exact) mass is 287 g/mol. The highest BCUT2D eigenvalue weighted by atomic mass is 16.1. The van der Waals surface area contributed by atoms with Crippen LogP contribution in [0.4, 0.5) is 0 Å². The molecule has 0 unspecified atom stereocenters. The Balaban J connectivity index is 1.75. The van der Waals surface area contributed by atoms with Crippen LogP contribution in [0.2, 0.25) is 0 Å². The maximum Gasteiger partial charge on any atom is 0.328 e. The van der Waals surface area contributed by atoms with E-state index in [2.05, 4.69) is 23.5 Å². The molecule has 3 rings (SSSR count). The highest BCUT2D eigenvalue weighted by Gasteiger charge is 2.12. The second-order valence-electron chi connectivity index (χ2n) is 6.29. The van der Waals surface area contributed by atoms with Crippen LogP contribution in [0, 0.1) is 0 Å². The molecule has 1 aromatic heterocycles. The molecule has 1 aliphatic carbocycles. The number of aryl methyl sites for hydroxylation is 2. The molecule has 0 aliphatic heterocycles. The van der Waals surface area contributed by atoms with Gasteiger partial charge in [-0.3, -0.25) is 9.13 Å². The summed E-state index contributed by atoms with van der Waals surface area (Å²) < 4.78 is 3.43. The van der Waals surface area contributed by atoms with Crippen molar-refractivity contribution in [2.75, 3.05) is 0 Å². The van der Waals surface area contributed by atoms with Gasteiger partial charge in [0.15, 0.2) is 0 Å². The third-order valence-corrected chi connectivity index (χ3v) is 4.79. The van der Waals surface area contributed by atoms with Crippen molar-refractivity contribution < 1.29 is 0 Å². The lowest BCUT2D eigenvalue weighted by Gasteiger charge is -2.16. The molecule has 21 heavy (non-hydrogen) atoms. The van der Waals surface area contributed by atoms with E-state index in [1.54, 1.807) is 9.13 Å². The maximum absolute atomic E-state index is 12.0. The van der Waals surface area contributed by atoms with Gasteiger partial charge in [-0.05, 0) is 30.5 Å². The summed E-state index contributed by atoms with van der Waals surface area (Å²) in [5.41, 5.74) is 3.32. The fourth-order valence-electron chi connectivity index (χ4n) is 3.41. The minimum absolute atomic E-state index is 0.0406. The van der Waals surface area contributed by atoms with Gasteiger partial charge in [0.2, 0.25) is 0 Å². The lowest BCUT2D eigenvalue weighted by atomic mass is 10.1. The number of nitrogens with zero attached hydrogens (tertiary/aromatic N) is 2. The predicted molar refractivity (Wildman–Crippen MR) is 86.5 cm³/mol. The predicted octanol–water partition coefficient (Wildman–Crippen LogP) is 2.69. The molecule has 0 saturated heterocycles. The first-order valence-electron chi connectivity index (χ1n) is 8.04. The highest BCUT2D eigenvalue weighted by molar-refractivity contribution is 5.76. The lowest BCUT2D eigenvalue weighted by molar-refractivity contribution is 0.459. The summed E-state index contributed by atoms with van der Waals surface area (Å²) in [6.07, 6.45) is 8.07. The Hall–Kier alpha value is -1.55. The number of benzene rings is 1. The third-order valence-electron chi connectivity index (χ3n) is 4.79. The van der Waals surface area contributed by atoms with Crippen molar-refractivity contribution in [3.05, 3.63) is 34.2 Å². The van der Waals surface area contributed by atoms with Gasteiger partial charge < -0.3 is 5.32 Å². The van der Waals surface area contributed by atoms with E-state index < -0.39 is 0 Å². The average molecular weight is 287 g/mol. The summed E-state index contributed by atoms with van der Waals surface area (Å²) in [6.45, 7) is 0.893. The van der Waals surface area contributed by atoms with Crippen molar-refractivity contribution in [3.8, 4) is 0 Å². The first kappa shape index (κ1) is 14.4. The first-order valence-corrected chi connectivity index (χ1v) is 8.04. The molecule has 1 fully saturated rings. The van der Waals surface area contributed by atoms with Gasteiger partial charge in [0.25, 0.3) is 0 Å². The number of hydrogen-bond donors (Lipinski definition) is 1. The molecule has 1 saturated carbocycles. The Labute approximate surface area is 125 Å². The normalized spacial score (nSPS) is 17.2. The molecule has 0 atom stereocenters. The van der Waals surface area contributed by atoms with Gasteiger partial charge in [0.05, 0.1) is 11.0 Å². The second kappa shape index (κ2) is 6.06. The number of aromatic nitrogens is 2. The number of rotatable bonds is 3. The second-order valence-corrected chi connectivity index (χ2v) is 6.29. The number of nitrogens with one attached hydrogen (secondary N) is 1. The van der Waals surface area contributed by atoms with E-state index in [1.165, 1.54) is 44.1 Å². The van der Waals surface area contributed by atoms with Crippen LogP contribution >= 0.6 is 0 Å². The Morgan fingerprint density at radius 2 is 1.71 bits per heavy atom. The molecular formula is C17H25N3O. The Morgan fingerprint density at radius 1 is 1.05 bits per heavy atom. The zero-order chi connectivity index (χ0) is 14.8. The van der Waals surface area contributed by atoms with E-state index in [0.29, 0.717) is 6.04 Å². The molecular weight excluding hydrogens is 262 g/mol. The Morgan fingerprint density at radius 3 is 2.43 bits per heavy atom. The van der Waals surface area contributed by atoms with Crippen LogP contribution in [0.5, 0.6) is 0 Å². The van der Waals surface area contributed by atoms with Crippen molar-refractivity contribution in [3.63, 3.8) is 0 Å². The van der Waals surface area contributed by atoms with E-state index in [9.17, 15) is 4.79 Å². The van der Waals surface area contributed by atoms with Gasteiger partial charge in [0, 0.05) is 26.7 Å². The fourth-order valence-corrected chi connectivity index (χ4v) is 3.41. The minimum atomic E-state index is 0.0406. The van der Waals surface area contributed by atoms with Crippen molar-refractivity contribution in [1.82, 2.24) is 14.5 Å². The van der Waals surface area contributed by atoms with E-state index in [-0.39, 0.29) is 5.69 Å². The largest absolute Gasteiger partial charge is 0.328 e. The zero-order valence-electron chi connectivity index (χ0n) is 13.1. The van der Waals surface area contributed by atoms with Gasteiger partial charge in [-0.2, -0.15) is 0 Å². The van der Waals surface area contributed by atoms with Crippen LogP contribution in [0.25, 0.3) is 11.0 Å². The molecule has 4 nitrogen and oxygen atoms in total. The molecule has 1 aromatic carbocycles. The van der Waals surface area contributed by atoms with Gasteiger partial charge in [-0.25, -0.2) is 4.79 Å². The third kappa shape index (κ3) is 2.91. The summed E-state index contributed by atoms with van der Waals surface area (Å²) in [5, 5.41) is 3.69. The molecule has 0 radical (unpaired) electrons. The quantitative estimate of drug-likeness (QED) is 0.882. The van der Waals surface area contributed by atoms with Crippen LogP contribution in [0.3, 0.4) is 0 Å². The SMILES string of the molecule is Cn1c(=O)n(C)c2cc(CNC3CCCCCC3)ccc21. The van der Waals surface area contributed by atoms with Gasteiger partial charge in [0.1, 0.15) is 0 Å². The maximum atomic E-state index is 12.0. The highest BCUT2D eigenvalue weighted by Crippen LogP contribution is 2.18. The summed E-state index contributed by atoms with van der Waals surface area (Å²) in [4.78, 5) is 12.0. The molecule has 1 aliphatic rings. The minimum Gasteiger partial charge on any atom is -0.310 e. The van der Waals surface area contributed by atoms with Gasteiger partial charge in [-0.15, -0.1) is 0 Å². The molecule has 1 heterocycles. The molecule has 1 N–H and O–H groups in total. The zero-order valence-corrected chi connectivity index (χ0v) is 13.1. The van der Waals surface area contributed by atoms with E-state index >= 15 is 0 Å². The first-order chi connectivity index (χ1) is 10.2. The summed E-state index contributed by atoms with van der Waals surface area (Å²) in [6, 6.07) is 6.98. The molecule has 0 amide bonds. The topological polar surface area (TPSA) is 39.0 Å². The Kier molecular flexibility index (Phi) is 4.15. The molecule has 4 heteroatoms. The summed E-state index contributed by atoms with van der Waals surface area (Å²) >= 11 is 0. The van der Waals surface area contributed by atoms with Crippen molar-refractivity contribution in [2.24, 2.45) is 14.1 Å². The molecule has 114 valence electrons. The van der Waals surface area contributed by atoms with Crippen LogP contribution in [-0.4, -0.2) is 15.2 Å². The standard InChI is InChI=1S/C17H25N3O/c1-19-15-10-9-13(11-16(15)20(2)17(19)21)12-18-14-7-5-3-4-6-8-14/h9-11,14,18H,3-8,12H2,1-2H3. The van der Waals surface area contributed by atoms with Crippen LogP contribution in [0.1, 0.15) is 44.1 Å². The lowest BCUT2D eigenvalue weighted by Crippen LogP contribution is -2.27. The molecule has 2 aromatic rings. The van der Waals surface area contributed by atoms with Crippen molar-refractivity contribution >= 4 is 11.0 Å².